The Bertz CT molecular complexity index is 619. The summed E-state index contributed by atoms with van der Waals surface area (Å²) in [4.78, 5) is 33.9. The summed E-state index contributed by atoms with van der Waals surface area (Å²) < 4.78 is 4.55. The highest BCUT2D eigenvalue weighted by molar-refractivity contribution is 5.95. The van der Waals surface area contributed by atoms with E-state index in [1.54, 1.807) is 24.0 Å². The molecule has 0 spiro atoms. The zero-order chi connectivity index (χ0) is 19.0. The number of hydrogen-bond donors (Lipinski definition) is 1. The van der Waals surface area contributed by atoms with Gasteiger partial charge in [-0.25, -0.2) is 0 Å². The largest absolute Gasteiger partial charge is 0.462 e. The van der Waals surface area contributed by atoms with E-state index in [9.17, 15) is 19.7 Å². The van der Waals surface area contributed by atoms with E-state index in [1.807, 2.05) is 20.8 Å². The number of hydrogen-bond acceptors (Lipinski definition) is 6. The van der Waals surface area contributed by atoms with Gasteiger partial charge in [-0.1, -0.05) is 6.07 Å². The van der Waals surface area contributed by atoms with Crippen molar-refractivity contribution in [2.45, 2.75) is 33.3 Å². The van der Waals surface area contributed by atoms with Crippen LogP contribution in [0, 0.1) is 17.0 Å². The van der Waals surface area contributed by atoms with Crippen molar-refractivity contribution >= 4 is 18.1 Å². The summed E-state index contributed by atoms with van der Waals surface area (Å²) in [5.74, 6) is -0.139. The molecule has 1 aliphatic heterocycles. The molecule has 138 valence electrons. The Hall–Kier alpha value is -2.48. The second-order valence-corrected chi connectivity index (χ2v) is 6.63. The molecule has 1 fully saturated rings. The van der Waals surface area contributed by atoms with Crippen LogP contribution in [0.2, 0.25) is 0 Å². The van der Waals surface area contributed by atoms with Crippen LogP contribution in [-0.2, 0) is 9.53 Å². The minimum Gasteiger partial charge on any atom is -0.462 e. The minimum atomic E-state index is -0.454. The molecular formula is C17H25N3O5. The number of nitro groups is 1. The van der Waals surface area contributed by atoms with Crippen LogP contribution in [0.1, 0.15) is 36.7 Å². The fourth-order valence-corrected chi connectivity index (χ4v) is 2.13. The lowest BCUT2D eigenvalue weighted by atomic mass is 10.1. The summed E-state index contributed by atoms with van der Waals surface area (Å²) in [5.41, 5.74) is 0.629. The van der Waals surface area contributed by atoms with Crippen molar-refractivity contribution in [3.8, 4) is 0 Å². The Morgan fingerprint density at radius 2 is 1.92 bits per heavy atom. The molecule has 2 rings (SSSR count). The van der Waals surface area contributed by atoms with Crippen molar-refractivity contribution in [3.63, 3.8) is 0 Å². The molecule has 1 saturated heterocycles. The molecule has 0 atom stereocenters. The molecule has 1 aromatic rings. The van der Waals surface area contributed by atoms with E-state index in [0.717, 1.165) is 13.1 Å². The third-order valence-electron chi connectivity index (χ3n) is 3.46. The van der Waals surface area contributed by atoms with E-state index in [0.29, 0.717) is 30.7 Å². The van der Waals surface area contributed by atoms with E-state index in [4.69, 9.17) is 0 Å². The number of nitrogens with one attached hydrogen (secondary N) is 1. The number of nitrogens with zero attached hydrogens (tertiary/aromatic N) is 2. The number of benzene rings is 1. The van der Waals surface area contributed by atoms with Gasteiger partial charge in [-0.15, -0.1) is 0 Å². The van der Waals surface area contributed by atoms with Gasteiger partial charge in [0.1, 0.15) is 5.60 Å². The summed E-state index contributed by atoms with van der Waals surface area (Å²) in [6.45, 7) is 10.4. The Kier molecular flexibility index (Phi) is 7.50. The highest BCUT2D eigenvalue weighted by Gasteiger charge is 2.20. The molecule has 1 heterocycles. The highest BCUT2D eigenvalue weighted by atomic mass is 16.6. The molecule has 0 saturated carbocycles. The number of carbonyl (C=O) groups is 2. The van der Waals surface area contributed by atoms with E-state index < -0.39 is 4.92 Å². The van der Waals surface area contributed by atoms with Gasteiger partial charge in [-0.2, -0.15) is 0 Å². The lowest BCUT2D eigenvalue weighted by molar-refractivity contribution is -0.385. The van der Waals surface area contributed by atoms with Crippen molar-refractivity contribution in [3.05, 3.63) is 39.4 Å². The Morgan fingerprint density at radius 3 is 2.36 bits per heavy atom. The molecule has 1 N–H and O–H groups in total. The molecule has 1 amide bonds. The first kappa shape index (κ1) is 20.6. The first-order chi connectivity index (χ1) is 11.7. The van der Waals surface area contributed by atoms with Gasteiger partial charge in [0.2, 0.25) is 0 Å². The summed E-state index contributed by atoms with van der Waals surface area (Å²) >= 11 is 0. The predicted octanol–water partition coefficient (Wildman–Crippen LogP) is 1.91. The Morgan fingerprint density at radius 1 is 1.32 bits per heavy atom. The molecule has 1 aliphatic rings. The maximum Gasteiger partial charge on any atom is 0.293 e. The maximum atomic E-state index is 12.2. The van der Waals surface area contributed by atoms with Crippen molar-refractivity contribution in [1.29, 1.82) is 0 Å². The third-order valence-corrected chi connectivity index (χ3v) is 3.46. The first-order valence-electron chi connectivity index (χ1n) is 8.02. The molecule has 0 bridgehead atoms. The van der Waals surface area contributed by atoms with Crippen molar-refractivity contribution in [2.75, 3.05) is 26.2 Å². The first-order valence-corrected chi connectivity index (χ1v) is 8.02. The number of piperazine rings is 1. The molecule has 0 aliphatic carbocycles. The zero-order valence-corrected chi connectivity index (χ0v) is 15.1. The van der Waals surface area contributed by atoms with Gasteiger partial charge in [-0.3, -0.25) is 19.7 Å². The predicted molar refractivity (Wildman–Crippen MR) is 93.5 cm³/mol. The van der Waals surface area contributed by atoms with Gasteiger partial charge >= 0.3 is 0 Å². The standard InChI is InChI=1S/C12H15N3O3.C5H10O2/c1-9-2-3-10(8-11(9)15(17)18)12(16)14-6-4-13-5-7-14;1-5(2,3)7-4-6/h2-3,8,13H,4-7H2,1H3;4H,1-3H3. The minimum absolute atomic E-state index is 0.00372. The number of aryl methyl sites for hydroxylation is 1. The van der Waals surface area contributed by atoms with Crippen molar-refractivity contribution in [1.82, 2.24) is 10.2 Å². The molecule has 1 aromatic carbocycles. The van der Waals surface area contributed by atoms with Crippen LogP contribution in [0.3, 0.4) is 0 Å². The van der Waals surface area contributed by atoms with Crippen molar-refractivity contribution < 1.29 is 19.2 Å². The van der Waals surface area contributed by atoms with Gasteiger partial charge in [-0.05, 0) is 33.8 Å². The van der Waals surface area contributed by atoms with E-state index in [-0.39, 0.29) is 17.2 Å². The van der Waals surface area contributed by atoms with Gasteiger partial charge in [0, 0.05) is 43.4 Å². The summed E-state index contributed by atoms with van der Waals surface area (Å²) in [7, 11) is 0. The average Bonchev–Trinajstić information content (AvgIpc) is 2.54. The molecule has 0 aromatic heterocycles. The second kappa shape index (κ2) is 9.12. The molecule has 0 unspecified atom stereocenters. The normalized spacial score (nSPS) is 14.2. The van der Waals surface area contributed by atoms with E-state index in [2.05, 4.69) is 10.1 Å². The monoisotopic (exact) mass is 351 g/mol. The fraction of sp³-hybridized carbons (Fsp3) is 0.529. The van der Waals surface area contributed by atoms with Crippen LogP contribution in [0.25, 0.3) is 0 Å². The molecule has 25 heavy (non-hydrogen) atoms. The number of nitro benzene ring substituents is 1. The number of carbonyl (C=O) groups excluding carboxylic acids is 2. The fourth-order valence-electron chi connectivity index (χ4n) is 2.13. The third kappa shape index (κ3) is 6.88. The van der Waals surface area contributed by atoms with Crippen LogP contribution < -0.4 is 5.32 Å². The molecule has 0 radical (unpaired) electrons. The second-order valence-electron chi connectivity index (χ2n) is 6.63. The van der Waals surface area contributed by atoms with Gasteiger partial charge in [0.05, 0.1) is 4.92 Å². The number of amides is 1. The number of ether oxygens (including phenoxy) is 1. The molecule has 8 nitrogen and oxygen atoms in total. The summed E-state index contributed by atoms with van der Waals surface area (Å²) in [5, 5.41) is 14.0. The molecule has 8 heteroatoms. The van der Waals surface area contributed by atoms with Crippen LogP contribution in [0.15, 0.2) is 18.2 Å². The highest BCUT2D eigenvalue weighted by Crippen LogP contribution is 2.20. The summed E-state index contributed by atoms with van der Waals surface area (Å²) in [6.07, 6.45) is 0. The zero-order valence-electron chi connectivity index (χ0n) is 15.1. The van der Waals surface area contributed by atoms with Gasteiger partial charge in [0.15, 0.2) is 0 Å². The summed E-state index contributed by atoms with van der Waals surface area (Å²) in [6, 6.07) is 4.62. The lowest BCUT2D eigenvalue weighted by Crippen LogP contribution is -2.46. The SMILES string of the molecule is CC(C)(C)OC=O.Cc1ccc(C(=O)N2CCNCC2)cc1[N+](=O)[O-]. The topological polar surface area (TPSA) is 102 Å². The van der Waals surface area contributed by atoms with Crippen LogP contribution in [0.5, 0.6) is 0 Å². The van der Waals surface area contributed by atoms with Gasteiger partial charge < -0.3 is 15.0 Å². The average molecular weight is 351 g/mol. The Labute approximate surface area is 147 Å². The van der Waals surface area contributed by atoms with Crippen molar-refractivity contribution in [2.24, 2.45) is 0 Å². The molecular weight excluding hydrogens is 326 g/mol. The van der Waals surface area contributed by atoms with Crippen LogP contribution in [-0.4, -0.2) is 54.0 Å². The van der Waals surface area contributed by atoms with E-state index in [1.165, 1.54) is 6.07 Å². The Balaban J connectivity index is 0.000000381. The van der Waals surface area contributed by atoms with E-state index >= 15 is 0 Å². The number of rotatable bonds is 3. The lowest BCUT2D eigenvalue weighted by Gasteiger charge is -2.27. The smallest absolute Gasteiger partial charge is 0.293 e. The van der Waals surface area contributed by atoms with Crippen LogP contribution >= 0.6 is 0 Å². The quantitative estimate of drug-likeness (QED) is 0.507. The van der Waals surface area contributed by atoms with Gasteiger partial charge in [0.25, 0.3) is 18.1 Å². The van der Waals surface area contributed by atoms with Crippen LogP contribution in [0.4, 0.5) is 5.69 Å². The maximum absolute atomic E-state index is 12.2.